The Labute approximate surface area is 188 Å². The third-order valence-corrected chi connectivity index (χ3v) is 3.89. The van der Waals surface area contributed by atoms with E-state index in [9.17, 15) is 35.9 Å². The number of alkyl halides is 6. The van der Waals surface area contributed by atoms with E-state index in [1.807, 2.05) is 0 Å². The highest BCUT2D eigenvalue weighted by molar-refractivity contribution is 5.81. The Morgan fingerprint density at radius 2 is 1.50 bits per heavy atom. The average Bonchev–Trinajstić information content (AvgIpc) is 2.78. The van der Waals surface area contributed by atoms with Crippen LogP contribution in [0.1, 0.15) is 11.1 Å². The molecule has 2 aromatic carbocycles. The molecule has 2 rings (SSSR count). The highest BCUT2D eigenvalue weighted by Gasteiger charge is 2.37. The minimum absolute atomic E-state index is 0.0549. The molecule has 2 aromatic rings. The van der Waals surface area contributed by atoms with Gasteiger partial charge in [0.25, 0.3) is 6.47 Å². The lowest BCUT2D eigenvalue weighted by Crippen LogP contribution is -2.10. The highest BCUT2D eigenvalue weighted by atomic mass is 19.4. The first-order valence-electron chi connectivity index (χ1n) is 8.95. The van der Waals surface area contributed by atoms with Crippen molar-refractivity contribution in [1.29, 1.82) is 0 Å². The number of halogens is 6. The zero-order chi connectivity index (χ0) is 25.4. The summed E-state index contributed by atoms with van der Waals surface area (Å²) in [6, 6.07) is 4.90. The van der Waals surface area contributed by atoms with E-state index in [1.165, 1.54) is 0 Å². The summed E-state index contributed by atoms with van der Waals surface area (Å²) in [4.78, 5) is 21.0. The van der Waals surface area contributed by atoms with E-state index < -0.39 is 46.3 Å². The van der Waals surface area contributed by atoms with Crippen LogP contribution in [0.5, 0.6) is 11.5 Å². The Balaban J connectivity index is 2.46. The number of hydrogen-bond acceptors (Lipinski definition) is 6. The maximum Gasteiger partial charge on any atom is 0.420 e. The van der Waals surface area contributed by atoms with Gasteiger partial charge < -0.3 is 18.9 Å². The molecule has 180 valence electrons. The van der Waals surface area contributed by atoms with Crippen LogP contribution in [0.2, 0.25) is 0 Å². The summed E-state index contributed by atoms with van der Waals surface area (Å²) in [5, 5.41) is 0. The summed E-state index contributed by atoms with van der Waals surface area (Å²) < 4.78 is 99.9. The fourth-order valence-electron chi connectivity index (χ4n) is 2.52. The summed E-state index contributed by atoms with van der Waals surface area (Å²) in [6.45, 7) is 3.18. The SMILES string of the molecule is C=CC(=O)O/C=C\Oc1ccc(-c2ccc(O/C=C\OC=O)cc2C(F)(F)F)cc1C(F)(F)F. The zero-order valence-corrected chi connectivity index (χ0v) is 16.9. The molecule has 0 saturated heterocycles. The van der Waals surface area contributed by atoms with Crippen molar-refractivity contribution in [3.63, 3.8) is 0 Å². The number of hydrogen-bond donors (Lipinski definition) is 0. The largest absolute Gasteiger partial charge is 0.462 e. The van der Waals surface area contributed by atoms with Gasteiger partial charge >= 0.3 is 18.3 Å². The van der Waals surface area contributed by atoms with Gasteiger partial charge in [-0.2, -0.15) is 26.3 Å². The van der Waals surface area contributed by atoms with E-state index in [4.69, 9.17) is 9.47 Å². The molecule has 0 aromatic heterocycles. The quantitative estimate of drug-likeness (QED) is 0.142. The molecule has 0 heterocycles. The van der Waals surface area contributed by atoms with Gasteiger partial charge in [-0.15, -0.1) is 0 Å². The maximum absolute atomic E-state index is 13.6. The van der Waals surface area contributed by atoms with E-state index in [0.717, 1.165) is 42.9 Å². The molecule has 0 unspecified atom stereocenters. The molecule has 12 heteroatoms. The number of ether oxygens (including phenoxy) is 4. The minimum Gasteiger partial charge on any atom is -0.462 e. The second-order valence-electron chi connectivity index (χ2n) is 6.07. The average molecular weight is 488 g/mol. The third-order valence-electron chi connectivity index (χ3n) is 3.89. The fourth-order valence-corrected chi connectivity index (χ4v) is 2.52. The van der Waals surface area contributed by atoms with Gasteiger partial charge in [0.15, 0.2) is 0 Å². The molecule has 0 fully saturated rings. The fraction of sp³-hybridized carbons (Fsp3) is 0.0909. The first-order valence-corrected chi connectivity index (χ1v) is 8.95. The number of carbonyl (C=O) groups is 2. The molecule has 6 nitrogen and oxygen atoms in total. The van der Waals surface area contributed by atoms with Gasteiger partial charge in [-0.25, -0.2) is 4.79 Å². The molecule has 0 bridgehead atoms. The van der Waals surface area contributed by atoms with Crippen LogP contribution in [0, 0.1) is 0 Å². The van der Waals surface area contributed by atoms with Crippen molar-refractivity contribution in [3.8, 4) is 22.6 Å². The lowest BCUT2D eigenvalue weighted by molar-refractivity contribution is -0.138. The Hall–Kier alpha value is -4.22. The van der Waals surface area contributed by atoms with Crippen molar-refractivity contribution < 1.29 is 54.9 Å². The molecule has 0 aliphatic carbocycles. The molecule has 0 atom stereocenters. The number of rotatable bonds is 9. The maximum atomic E-state index is 13.6. The Morgan fingerprint density at radius 1 is 0.824 bits per heavy atom. The predicted octanol–water partition coefficient (Wildman–Crippen LogP) is 5.99. The lowest BCUT2D eigenvalue weighted by Gasteiger charge is -2.17. The van der Waals surface area contributed by atoms with Crippen LogP contribution in [-0.2, 0) is 31.4 Å². The lowest BCUT2D eigenvalue weighted by atomic mass is 9.97. The summed E-state index contributed by atoms with van der Waals surface area (Å²) in [6.07, 6.45) is -6.21. The van der Waals surface area contributed by atoms with Crippen molar-refractivity contribution in [2.24, 2.45) is 0 Å². The zero-order valence-electron chi connectivity index (χ0n) is 16.9. The van der Waals surface area contributed by atoms with Crippen molar-refractivity contribution in [2.75, 3.05) is 0 Å². The molecule has 0 spiro atoms. The van der Waals surface area contributed by atoms with Gasteiger partial charge in [0, 0.05) is 6.08 Å². The van der Waals surface area contributed by atoms with Crippen LogP contribution in [0.4, 0.5) is 26.3 Å². The Bertz CT molecular complexity index is 1100. The Kier molecular flexibility index (Phi) is 8.48. The van der Waals surface area contributed by atoms with Crippen molar-refractivity contribution in [3.05, 3.63) is 85.2 Å². The van der Waals surface area contributed by atoms with Gasteiger partial charge in [0.05, 0.1) is 11.1 Å². The molecule has 34 heavy (non-hydrogen) atoms. The van der Waals surface area contributed by atoms with Crippen LogP contribution in [0.25, 0.3) is 11.1 Å². The minimum atomic E-state index is -4.98. The second kappa shape index (κ2) is 11.1. The van der Waals surface area contributed by atoms with Crippen LogP contribution in [0.15, 0.2) is 74.1 Å². The first-order chi connectivity index (χ1) is 16.0. The molecule has 0 aliphatic rings. The third kappa shape index (κ3) is 7.15. The topological polar surface area (TPSA) is 71.1 Å². The molecular weight excluding hydrogens is 474 g/mol. The highest BCUT2D eigenvalue weighted by Crippen LogP contribution is 2.43. The summed E-state index contributed by atoms with van der Waals surface area (Å²) in [5.74, 6) is -1.93. The Morgan fingerprint density at radius 3 is 2.12 bits per heavy atom. The van der Waals surface area contributed by atoms with Crippen LogP contribution >= 0.6 is 0 Å². The molecule has 0 amide bonds. The smallest absolute Gasteiger partial charge is 0.420 e. The van der Waals surface area contributed by atoms with Gasteiger partial charge in [-0.3, -0.25) is 4.79 Å². The molecule has 0 aliphatic heterocycles. The summed E-state index contributed by atoms with van der Waals surface area (Å²) in [5.41, 5.74) is -3.60. The number of benzene rings is 2. The van der Waals surface area contributed by atoms with Gasteiger partial charge in [-0.05, 0) is 35.4 Å². The van der Waals surface area contributed by atoms with E-state index in [0.29, 0.717) is 24.7 Å². The first kappa shape index (κ1) is 26.0. The van der Waals surface area contributed by atoms with Gasteiger partial charge in [-0.1, -0.05) is 18.7 Å². The van der Waals surface area contributed by atoms with Gasteiger partial charge in [0.1, 0.15) is 36.5 Å². The van der Waals surface area contributed by atoms with Crippen LogP contribution in [0.3, 0.4) is 0 Å². The predicted molar refractivity (Wildman–Crippen MR) is 105 cm³/mol. The van der Waals surface area contributed by atoms with Crippen molar-refractivity contribution in [2.45, 2.75) is 12.4 Å². The number of esters is 1. The second-order valence-corrected chi connectivity index (χ2v) is 6.07. The van der Waals surface area contributed by atoms with Crippen LogP contribution < -0.4 is 9.47 Å². The summed E-state index contributed by atoms with van der Waals surface area (Å²) in [7, 11) is 0. The molecule has 0 N–H and O–H groups in total. The van der Waals surface area contributed by atoms with E-state index in [1.54, 1.807) is 0 Å². The van der Waals surface area contributed by atoms with E-state index in [-0.39, 0.29) is 12.2 Å². The molecular formula is C22H14F6O6. The summed E-state index contributed by atoms with van der Waals surface area (Å²) >= 11 is 0. The van der Waals surface area contributed by atoms with Gasteiger partial charge in [0.2, 0.25) is 0 Å². The van der Waals surface area contributed by atoms with E-state index >= 15 is 0 Å². The van der Waals surface area contributed by atoms with Crippen molar-refractivity contribution in [1.82, 2.24) is 0 Å². The standard InChI is InChI=1S/C22H14F6O6/c1-2-20(30)34-10-9-33-19-6-3-14(11-18(19)22(26,27)28)16-5-4-15(32-8-7-31-13-29)12-17(16)21(23,24)25/h2-13H,1H2/b8-7-,10-9-. The van der Waals surface area contributed by atoms with Crippen molar-refractivity contribution >= 4 is 12.4 Å². The number of carbonyl (C=O) groups excluding carboxylic acids is 2. The monoisotopic (exact) mass is 488 g/mol. The van der Waals surface area contributed by atoms with E-state index in [2.05, 4.69) is 16.1 Å². The molecule has 0 radical (unpaired) electrons. The van der Waals surface area contributed by atoms with Crippen LogP contribution in [-0.4, -0.2) is 12.4 Å². The normalized spacial score (nSPS) is 11.9. The molecule has 0 saturated carbocycles.